The number of carbonyl (C=O) groups is 1. The third kappa shape index (κ3) is 3.18. The molecule has 1 amide bonds. The Morgan fingerprint density at radius 2 is 2.14 bits per heavy atom. The summed E-state index contributed by atoms with van der Waals surface area (Å²) >= 11 is 0. The maximum absolute atomic E-state index is 11.6. The zero-order chi connectivity index (χ0) is 10.8. The zero-order valence-electron chi connectivity index (χ0n) is 9.08. The summed E-state index contributed by atoms with van der Waals surface area (Å²) in [7, 11) is 3.36. The number of nitrogens with zero attached hydrogens (tertiary/aromatic N) is 1. The number of rotatable bonds is 1. The fraction of sp³-hybridized carbons (Fsp3) is 0.800. The SMILES string of the molecule is [CH2]O[C@@H]1CCN(C(=O)OC(C)(C)C)C1. The summed E-state index contributed by atoms with van der Waals surface area (Å²) < 4.78 is 10.1. The van der Waals surface area contributed by atoms with Gasteiger partial charge in [0.1, 0.15) is 5.60 Å². The molecule has 1 aliphatic heterocycles. The summed E-state index contributed by atoms with van der Waals surface area (Å²) in [4.78, 5) is 13.2. The van der Waals surface area contributed by atoms with E-state index in [1.54, 1.807) is 4.90 Å². The molecule has 0 spiro atoms. The van der Waals surface area contributed by atoms with Crippen LogP contribution in [0.2, 0.25) is 0 Å². The fourth-order valence-electron chi connectivity index (χ4n) is 1.36. The standard InChI is InChI=1S/C10H18NO3/c1-10(2,3)14-9(12)11-6-5-8(7-11)13-4/h8H,4-7H2,1-3H3/t8-/m1/s1. The first-order valence-electron chi connectivity index (χ1n) is 4.81. The average Bonchev–Trinajstić information content (AvgIpc) is 2.48. The molecule has 14 heavy (non-hydrogen) atoms. The molecule has 1 heterocycles. The van der Waals surface area contributed by atoms with Crippen LogP contribution in [0.15, 0.2) is 0 Å². The monoisotopic (exact) mass is 200 g/mol. The fourth-order valence-corrected chi connectivity index (χ4v) is 1.36. The van der Waals surface area contributed by atoms with Gasteiger partial charge in [0.05, 0.1) is 19.8 Å². The lowest BCUT2D eigenvalue weighted by Crippen LogP contribution is -2.35. The second kappa shape index (κ2) is 4.17. The Bertz CT molecular complexity index is 210. The van der Waals surface area contributed by atoms with E-state index >= 15 is 0 Å². The van der Waals surface area contributed by atoms with Crippen molar-refractivity contribution in [3.8, 4) is 0 Å². The van der Waals surface area contributed by atoms with E-state index in [0.717, 1.165) is 6.42 Å². The van der Waals surface area contributed by atoms with Gasteiger partial charge in [0.25, 0.3) is 0 Å². The average molecular weight is 200 g/mol. The van der Waals surface area contributed by atoms with Gasteiger partial charge < -0.3 is 14.4 Å². The summed E-state index contributed by atoms with van der Waals surface area (Å²) in [5.41, 5.74) is -0.430. The molecule has 4 heteroatoms. The lowest BCUT2D eigenvalue weighted by Gasteiger charge is -2.24. The van der Waals surface area contributed by atoms with Crippen molar-refractivity contribution in [2.45, 2.75) is 38.9 Å². The quantitative estimate of drug-likeness (QED) is 0.648. The van der Waals surface area contributed by atoms with E-state index in [9.17, 15) is 4.79 Å². The van der Waals surface area contributed by atoms with Crippen molar-refractivity contribution < 1.29 is 14.3 Å². The Morgan fingerprint density at radius 1 is 1.50 bits per heavy atom. The normalized spacial score (nSPS) is 22.6. The van der Waals surface area contributed by atoms with Crippen molar-refractivity contribution >= 4 is 6.09 Å². The highest BCUT2D eigenvalue weighted by atomic mass is 16.6. The van der Waals surface area contributed by atoms with E-state index in [1.165, 1.54) is 0 Å². The Morgan fingerprint density at radius 3 is 2.57 bits per heavy atom. The minimum Gasteiger partial charge on any atom is -0.444 e. The predicted octanol–water partition coefficient (Wildman–Crippen LogP) is 1.80. The van der Waals surface area contributed by atoms with E-state index in [4.69, 9.17) is 9.47 Å². The van der Waals surface area contributed by atoms with Crippen molar-refractivity contribution in [2.24, 2.45) is 0 Å². The third-order valence-corrected chi connectivity index (χ3v) is 2.03. The number of hydrogen-bond donors (Lipinski definition) is 0. The van der Waals surface area contributed by atoms with Crippen LogP contribution in [0.5, 0.6) is 0 Å². The molecule has 0 aromatic carbocycles. The molecule has 0 aromatic heterocycles. The molecular weight excluding hydrogens is 182 g/mol. The molecule has 0 aliphatic carbocycles. The van der Waals surface area contributed by atoms with Gasteiger partial charge in [-0.15, -0.1) is 0 Å². The van der Waals surface area contributed by atoms with E-state index in [0.29, 0.717) is 13.1 Å². The van der Waals surface area contributed by atoms with Crippen LogP contribution in [-0.2, 0) is 9.47 Å². The van der Waals surface area contributed by atoms with Gasteiger partial charge in [0.15, 0.2) is 0 Å². The Hall–Kier alpha value is -0.770. The van der Waals surface area contributed by atoms with Crippen LogP contribution in [-0.4, -0.2) is 35.8 Å². The summed E-state index contributed by atoms with van der Waals surface area (Å²) in [5, 5.41) is 0. The molecule has 0 unspecified atom stereocenters. The summed E-state index contributed by atoms with van der Waals surface area (Å²) in [6, 6.07) is 0. The van der Waals surface area contributed by atoms with Crippen molar-refractivity contribution in [1.29, 1.82) is 0 Å². The van der Waals surface area contributed by atoms with Gasteiger partial charge in [-0.2, -0.15) is 0 Å². The lowest BCUT2D eigenvalue weighted by molar-refractivity contribution is 0.0264. The molecule has 1 rings (SSSR count). The third-order valence-electron chi connectivity index (χ3n) is 2.03. The van der Waals surface area contributed by atoms with Crippen LogP contribution in [0.3, 0.4) is 0 Å². The predicted molar refractivity (Wildman–Crippen MR) is 52.7 cm³/mol. The highest BCUT2D eigenvalue weighted by Gasteiger charge is 2.29. The molecule has 81 valence electrons. The number of likely N-dealkylation sites (tertiary alicyclic amines) is 1. The van der Waals surface area contributed by atoms with Gasteiger partial charge in [-0.1, -0.05) is 0 Å². The van der Waals surface area contributed by atoms with Crippen molar-refractivity contribution in [2.75, 3.05) is 13.1 Å². The molecule has 0 aromatic rings. The number of hydrogen-bond acceptors (Lipinski definition) is 3. The first kappa shape index (κ1) is 11.3. The molecular formula is C10H18NO3. The lowest BCUT2D eigenvalue weighted by atomic mass is 10.2. The smallest absolute Gasteiger partial charge is 0.410 e. The second-order valence-corrected chi connectivity index (χ2v) is 4.50. The Kier molecular flexibility index (Phi) is 3.37. The molecule has 1 fully saturated rings. The highest BCUT2D eigenvalue weighted by molar-refractivity contribution is 5.68. The molecule has 0 saturated carbocycles. The van der Waals surface area contributed by atoms with Crippen LogP contribution < -0.4 is 0 Å². The molecule has 0 N–H and O–H groups in total. The van der Waals surface area contributed by atoms with Gasteiger partial charge in [-0.3, -0.25) is 0 Å². The summed E-state index contributed by atoms with van der Waals surface area (Å²) in [6.07, 6.45) is 0.627. The van der Waals surface area contributed by atoms with E-state index < -0.39 is 5.60 Å². The van der Waals surface area contributed by atoms with Crippen LogP contribution >= 0.6 is 0 Å². The summed E-state index contributed by atoms with van der Waals surface area (Å²) in [5.74, 6) is 0. The first-order chi connectivity index (χ1) is 6.42. The van der Waals surface area contributed by atoms with Crippen molar-refractivity contribution in [3.05, 3.63) is 7.11 Å². The van der Waals surface area contributed by atoms with Gasteiger partial charge in [-0.25, -0.2) is 4.79 Å². The molecule has 1 aliphatic rings. The Balaban J connectivity index is 2.40. The van der Waals surface area contributed by atoms with Gasteiger partial charge in [0.2, 0.25) is 0 Å². The first-order valence-corrected chi connectivity index (χ1v) is 4.81. The summed E-state index contributed by atoms with van der Waals surface area (Å²) in [6.45, 7) is 6.84. The van der Waals surface area contributed by atoms with Crippen LogP contribution in [0.4, 0.5) is 4.79 Å². The van der Waals surface area contributed by atoms with Gasteiger partial charge in [0, 0.05) is 6.54 Å². The number of carbonyl (C=O) groups excluding carboxylic acids is 1. The molecule has 4 nitrogen and oxygen atoms in total. The number of amides is 1. The van der Waals surface area contributed by atoms with Crippen LogP contribution in [0, 0.1) is 7.11 Å². The molecule has 1 saturated heterocycles. The highest BCUT2D eigenvalue weighted by Crippen LogP contribution is 2.16. The van der Waals surface area contributed by atoms with E-state index in [1.807, 2.05) is 20.8 Å². The zero-order valence-corrected chi connectivity index (χ0v) is 9.08. The second-order valence-electron chi connectivity index (χ2n) is 4.50. The Labute approximate surface area is 85.2 Å². The van der Waals surface area contributed by atoms with Crippen LogP contribution in [0.1, 0.15) is 27.2 Å². The van der Waals surface area contributed by atoms with Crippen molar-refractivity contribution in [3.63, 3.8) is 0 Å². The van der Waals surface area contributed by atoms with Crippen LogP contribution in [0.25, 0.3) is 0 Å². The van der Waals surface area contributed by atoms with E-state index in [-0.39, 0.29) is 12.2 Å². The topological polar surface area (TPSA) is 38.8 Å². The largest absolute Gasteiger partial charge is 0.444 e. The minimum absolute atomic E-state index is 0.0579. The maximum atomic E-state index is 11.6. The van der Waals surface area contributed by atoms with Gasteiger partial charge in [-0.05, 0) is 27.2 Å². The van der Waals surface area contributed by atoms with Crippen molar-refractivity contribution in [1.82, 2.24) is 4.90 Å². The molecule has 1 radical (unpaired) electrons. The molecule has 0 bridgehead atoms. The van der Waals surface area contributed by atoms with E-state index in [2.05, 4.69) is 7.11 Å². The number of ether oxygens (including phenoxy) is 2. The maximum Gasteiger partial charge on any atom is 0.410 e. The molecule has 1 atom stereocenters. The van der Waals surface area contributed by atoms with Gasteiger partial charge >= 0.3 is 6.09 Å². The minimum atomic E-state index is -0.430.